The zero-order valence-electron chi connectivity index (χ0n) is 10.6. The fourth-order valence-electron chi connectivity index (χ4n) is 1.92. The first-order chi connectivity index (χ1) is 9.08. The summed E-state index contributed by atoms with van der Waals surface area (Å²) in [6, 6.07) is 0.220. The second-order valence-corrected chi connectivity index (χ2v) is 4.84. The molecule has 0 unspecified atom stereocenters. The summed E-state index contributed by atoms with van der Waals surface area (Å²) < 4.78 is 4.87. The van der Waals surface area contributed by atoms with E-state index in [0.29, 0.717) is 19.1 Å². The summed E-state index contributed by atoms with van der Waals surface area (Å²) in [5.74, 6) is 0.523. The maximum atomic E-state index is 9.57. The monoisotopic (exact) mass is 288 g/mol. The van der Waals surface area contributed by atoms with Gasteiger partial charge in [0.1, 0.15) is 0 Å². The van der Waals surface area contributed by atoms with Crippen LogP contribution in [-0.2, 0) is 4.74 Å². The van der Waals surface area contributed by atoms with Crippen molar-refractivity contribution in [2.24, 2.45) is 0 Å². The number of hydrogen-bond donors (Lipinski definition) is 3. The summed E-state index contributed by atoms with van der Waals surface area (Å²) in [5, 5.41) is 20.3. The zero-order valence-corrected chi connectivity index (χ0v) is 11.3. The quantitative estimate of drug-likeness (QED) is 0.625. The number of nitrogens with two attached hydrogens (primary N) is 1. The molecule has 1 fully saturated rings. The fraction of sp³-hybridized carbons (Fsp3) is 0.700. The minimum absolute atomic E-state index is 0.100. The Morgan fingerprint density at radius 2 is 2.32 bits per heavy atom. The maximum Gasteiger partial charge on any atom is 0.245 e. The Labute approximate surface area is 115 Å². The van der Waals surface area contributed by atoms with Crippen LogP contribution in [0.25, 0.3) is 0 Å². The molecule has 0 aliphatic carbocycles. The molecule has 1 aliphatic rings. The molecule has 19 heavy (non-hydrogen) atoms. The first kappa shape index (κ1) is 14.2. The Hall–Kier alpha value is -1.22. The topological polar surface area (TPSA) is 109 Å². The van der Waals surface area contributed by atoms with E-state index in [4.69, 9.17) is 22.1 Å². The van der Waals surface area contributed by atoms with E-state index in [1.165, 1.54) is 0 Å². The van der Waals surface area contributed by atoms with E-state index in [-0.39, 0.29) is 17.0 Å². The lowest BCUT2D eigenvalue weighted by Crippen LogP contribution is -2.57. The minimum Gasteiger partial charge on any atom is -0.389 e. The molecule has 0 radical (unpaired) electrons. The van der Waals surface area contributed by atoms with Crippen molar-refractivity contribution < 1.29 is 9.84 Å². The lowest BCUT2D eigenvalue weighted by atomic mass is 10.1. The van der Waals surface area contributed by atoms with Crippen molar-refractivity contribution in [3.63, 3.8) is 0 Å². The number of halogens is 1. The maximum absolute atomic E-state index is 9.57. The number of nitrogens with zero attached hydrogens (tertiary/aromatic N) is 4. The number of β-amino-alcohol motifs (C(OH)–C–C–N with tert-alkyl or cyclic N) is 1. The number of aliphatic hydroxyl groups excluding tert-OH is 1. The number of likely N-dealkylation sites (tertiary alicyclic amines) is 1. The summed E-state index contributed by atoms with van der Waals surface area (Å²) in [6.45, 7) is 2.53. The van der Waals surface area contributed by atoms with Gasteiger partial charge in [-0.15, -0.1) is 10.2 Å². The van der Waals surface area contributed by atoms with Gasteiger partial charge in [0.15, 0.2) is 11.0 Å². The molecule has 106 valence electrons. The van der Waals surface area contributed by atoms with E-state index in [1.807, 2.05) is 0 Å². The zero-order chi connectivity index (χ0) is 13.8. The molecule has 0 aromatic carbocycles. The van der Waals surface area contributed by atoms with Crippen LogP contribution < -0.4 is 11.1 Å². The van der Waals surface area contributed by atoms with Crippen LogP contribution in [0, 0.1) is 0 Å². The van der Waals surface area contributed by atoms with Gasteiger partial charge in [-0.25, -0.2) is 0 Å². The largest absolute Gasteiger partial charge is 0.389 e. The Morgan fingerprint density at radius 3 is 2.95 bits per heavy atom. The molecule has 1 saturated heterocycles. The van der Waals surface area contributed by atoms with E-state index in [2.05, 4.69) is 25.4 Å². The molecule has 1 aromatic heterocycles. The number of methoxy groups -OCH3 is 1. The first-order valence-corrected chi connectivity index (χ1v) is 6.28. The van der Waals surface area contributed by atoms with Gasteiger partial charge in [0.2, 0.25) is 5.95 Å². The number of aliphatic hydroxyl groups is 1. The van der Waals surface area contributed by atoms with Crippen LogP contribution >= 0.6 is 11.6 Å². The molecule has 2 rings (SSSR count). The van der Waals surface area contributed by atoms with Crippen LogP contribution in [-0.4, -0.2) is 70.7 Å². The van der Waals surface area contributed by atoms with Gasteiger partial charge in [0, 0.05) is 26.7 Å². The van der Waals surface area contributed by atoms with Gasteiger partial charge >= 0.3 is 0 Å². The van der Waals surface area contributed by atoms with Gasteiger partial charge in [0.05, 0.1) is 18.8 Å². The Balaban J connectivity index is 1.74. The van der Waals surface area contributed by atoms with Gasteiger partial charge in [-0.05, 0) is 0 Å². The molecule has 0 spiro atoms. The third-order valence-electron chi connectivity index (χ3n) is 2.79. The van der Waals surface area contributed by atoms with Gasteiger partial charge in [-0.1, -0.05) is 11.6 Å². The van der Waals surface area contributed by atoms with Crippen molar-refractivity contribution >= 4 is 23.4 Å². The van der Waals surface area contributed by atoms with Crippen molar-refractivity contribution in [3.05, 3.63) is 5.15 Å². The lowest BCUT2D eigenvalue weighted by molar-refractivity contribution is 0.0192. The highest BCUT2D eigenvalue weighted by molar-refractivity contribution is 6.31. The predicted octanol–water partition coefficient (Wildman–Crippen LogP) is -0.789. The molecule has 0 amide bonds. The Kier molecular flexibility index (Phi) is 4.70. The number of rotatable bonds is 6. The number of nitrogens with one attached hydrogen (secondary N) is 1. The number of nitrogen functional groups attached to an aromatic ring is 1. The van der Waals surface area contributed by atoms with Crippen LogP contribution in [0.1, 0.15) is 0 Å². The molecule has 1 atom stereocenters. The van der Waals surface area contributed by atoms with Crippen molar-refractivity contribution in [1.82, 2.24) is 20.1 Å². The predicted molar refractivity (Wildman–Crippen MR) is 71.0 cm³/mol. The van der Waals surface area contributed by atoms with Crippen LogP contribution in [0.2, 0.25) is 5.15 Å². The van der Waals surface area contributed by atoms with Crippen LogP contribution in [0.3, 0.4) is 0 Å². The molecular formula is C10H17ClN6O2. The van der Waals surface area contributed by atoms with Crippen molar-refractivity contribution in [1.29, 1.82) is 0 Å². The van der Waals surface area contributed by atoms with Crippen LogP contribution in [0.5, 0.6) is 0 Å². The van der Waals surface area contributed by atoms with Crippen molar-refractivity contribution in [2.75, 3.05) is 44.4 Å². The van der Waals surface area contributed by atoms with Gasteiger partial charge < -0.3 is 20.9 Å². The summed E-state index contributed by atoms with van der Waals surface area (Å²) >= 11 is 5.64. The number of anilines is 2. The molecule has 9 heteroatoms. The SMILES string of the molecule is COC[C@@H](O)CN1CC(Nc2nnc(Cl)c(N)n2)C1. The molecule has 4 N–H and O–H groups in total. The summed E-state index contributed by atoms with van der Waals surface area (Å²) in [5.41, 5.74) is 5.54. The average Bonchev–Trinajstić information content (AvgIpc) is 2.31. The third-order valence-corrected chi connectivity index (χ3v) is 3.06. The molecule has 0 saturated carbocycles. The van der Waals surface area contributed by atoms with Gasteiger partial charge in [0.25, 0.3) is 0 Å². The highest BCUT2D eigenvalue weighted by Gasteiger charge is 2.28. The van der Waals surface area contributed by atoms with Gasteiger partial charge in [-0.3, -0.25) is 4.90 Å². The lowest BCUT2D eigenvalue weighted by Gasteiger charge is -2.40. The van der Waals surface area contributed by atoms with Crippen molar-refractivity contribution in [2.45, 2.75) is 12.1 Å². The van der Waals surface area contributed by atoms with E-state index >= 15 is 0 Å². The smallest absolute Gasteiger partial charge is 0.245 e. The molecule has 1 aliphatic heterocycles. The standard InChI is InChI=1S/C10H17ClN6O2/c1-19-5-7(18)4-17-2-6(3-17)13-10-14-9(12)8(11)15-16-10/h6-7,18H,2-5H2,1H3,(H3,12,13,14,16)/t7-/m0/s1. The second-order valence-electron chi connectivity index (χ2n) is 4.48. The van der Waals surface area contributed by atoms with Crippen LogP contribution in [0.4, 0.5) is 11.8 Å². The highest BCUT2D eigenvalue weighted by atomic mass is 35.5. The molecule has 8 nitrogen and oxygen atoms in total. The minimum atomic E-state index is -0.463. The Morgan fingerprint density at radius 1 is 1.58 bits per heavy atom. The van der Waals surface area contributed by atoms with E-state index in [0.717, 1.165) is 13.1 Å². The molecule has 0 bridgehead atoms. The average molecular weight is 289 g/mol. The number of hydrogen-bond acceptors (Lipinski definition) is 8. The second kappa shape index (κ2) is 6.29. The summed E-state index contributed by atoms with van der Waals surface area (Å²) in [7, 11) is 1.57. The molecule has 2 heterocycles. The molecular weight excluding hydrogens is 272 g/mol. The van der Waals surface area contributed by atoms with Crippen LogP contribution in [0.15, 0.2) is 0 Å². The van der Waals surface area contributed by atoms with E-state index in [1.54, 1.807) is 7.11 Å². The summed E-state index contributed by atoms with van der Waals surface area (Å²) in [4.78, 5) is 6.09. The number of aromatic nitrogens is 3. The third kappa shape index (κ3) is 3.87. The highest BCUT2D eigenvalue weighted by Crippen LogP contribution is 2.16. The number of ether oxygens (including phenoxy) is 1. The normalized spacial score (nSPS) is 18.1. The van der Waals surface area contributed by atoms with E-state index in [9.17, 15) is 5.11 Å². The Bertz CT molecular complexity index is 428. The summed E-state index contributed by atoms with van der Waals surface area (Å²) in [6.07, 6.45) is -0.463. The van der Waals surface area contributed by atoms with Gasteiger partial charge in [-0.2, -0.15) is 4.98 Å². The van der Waals surface area contributed by atoms with E-state index < -0.39 is 6.10 Å². The molecule has 1 aromatic rings. The fourth-order valence-corrected chi connectivity index (χ4v) is 2.00. The first-order valence-electron chi connectivity index (χ1n) is 5.90. The van der Waals surface area contributed by atoms with Crippen molar-refractivity contribution in [3.8, 4) is 0 Å².